The lowest BCUT2D eigenvalue weighted by Gasteiger charge is -2.52. The van der Waals surface area contributed by atoms with Crippen molar-refractivity contribution in [2.75, 3.05) is 19.6 Å². The van der Waals surface area contributed by atoms with Crippen LogP contribution >= 0.6 is 0 Å². The first-order chi connectivity index (χ1) is 17.1. The van der Waals surface area contributed by atoms with Crippen molar-refractivity contribution in [1.29, 1.82) is 0 Å². The Hall–Kier alpha value is -2.34. The minimum atomic E-state index is -4.66. The molecule has 206 valence electrons. The number of carbonyl (C=O) groups excluding carboxylic acids is 1. The standard InChI is InChI=1S/C25H34F3N3O5S/c1-23(2,3)24(11-4-5-12-31(24)22(33)34)21(32)29-20-10-9-16-14-30(15-19(16)20)37(35,36)18-8-6-7-17(13-18)25(26,27)28/h6-8,13,16,19-20H,4-5,9-12,14-15H2,1-3H3,(H,29,32)(H,33,34)/t16-,19+,20+,24-/m1/s1. The number of likely N-dealkylation sites (tertiary alicyclic amines) is 1. The van der Waals surface area contributed by atoms with Gasteiger partial charge in [0, 0.05) is 25.7 Å². The summed E-state index contributed by atoms with van der Waals surface area (Å²) < 4.78 is 67.1. The average Bonchev–Trinajstić information content (AvgIpc) is 3.40. The van der Waals surface area contributed by atoms with E-state index in [4.69, 9.17) is 0 Å². The Kier molecular flexibility index (Phi) is 7.07. The summed E-state index contributed by atoms with van der Waals surface area (Å²) in [6.07, 6.45) is -2.73. The van der Waals surface area contributed by atoms with Crippen molar-refractivity contribution in [3.63, 3.8) is 0 Å². The molecule has 1 aromatic carbocycles. The van der Waals surface area contributed by atoms with Crippen LogP contribution in [0.4, 0.5) is 18.0 Å². The van der Waals surface area contributed by atoms with Gasteiger partial charge in [-0.25, -0.2) is 13.2 Å². The van der Waals surface area contributed by atoms with Crippen molar-refractivity contribution in [1.82, 2.24) is 14.5 Å². The number of halogens is 3. The maximum absolute atomic E-state index is 13.8. The molecule has 2 N–H and O–H groups in total. The largest absolute Gasteiger partial charge is 0.465 e. The molecule has 2 saturated heterocycles. The fourth-order valence-corrected chi connectivity index (χ4v) is 8.04. The lowest BCUT2D eigenvalue weighted by atomic mass is 9.67. The van der Waals surface area contributed by atoms with E-state index >= 15 is 0 Å². The van der Waals surface area contributed by atoms with Crippen molar-refractivity contribution in [3.05, 3.63) is 29.8 Å². The van der Waals surface area contributed by atoms with Crippen LogP contribution in [0.5, 0.6) is 0 Å². The first-order valence-corrected chi connectivity index (χ1v) is 14.0. The number of alkyl halides is 3. The van der Waals surface area contributed by atoms with Crippen LogP contribution in [-0.2, 0) is 21.0 Å². The van der Waals surface area contributed by atoms with E-state index in [0.29, 0.717) is 38.2 Å². The van der Waals surface area contributed by atoms with E-state index < -0.39 is 43.7 Å². The zero-order valence-electron chi connectivity index (χ0n) is 21.2. The molecule has 0 radical (unpaired) electrons. The molecule has 3 fully saturated rings. The summed E-state index contributed by atoms with van der Waals surface area (Å²) in [5, 5.41) is 13.0. The van der Waals surface area contributed by atoms with E-state index in [1.165, 1.54) is 9.21 Å². The van der Waals surface area contributed by atoms with Gasteiger partial charge in [-0.05, 0) is 67.6 Å². The number of nitrogens with zero attached hydrogens (tertiary/aromatic N) is 2. The van der Waals surface area contributed by atoms with Crippen LogP contribution in [0.3, 0.4) is 0 Å². The van der Waals surface area contributed by atoms with Gasteiger partial charge in [0.1, 0.15) is 5.54 Å². The second-order valence-electron chi connectivity index (χ2n) is 11.4. The monoisotopic (exact) mass is 545 g/mol. The third-order valence-corrected chi connectivity index (χ3v) is 10.2. The Morgan fingerprint density at radius 1 is 1.11 bits per heavy atom. The Labute approximate surface area is 215 Å². The summed E-state index contributed by atoms with van der Waals surface area (Å²) in [6.45, 7) is 6.07. The van der Waals surface area contributed by atoms with Crippen molar-refractivity contribution >= 4 is 22.0 Å². The number of benzene rings is 1. The smallest absolute Gasteiger partial charge is 0.416 e. The molecular formula is C25H34F3N3O5S. The average molecular weight is 546 g/mol. The number of nitrogens with one attached hydrogen (secondary N) is 1. The van der Waals surface area contributed by atoms with Crippen LogP contribution < -0.4 is 5.32 Å². The second kappa shape index (κ2) is 9.44. The van der Waals surface area contributed by atoms with Crippen LogP contribution in [0.1, 0.15) is 58.4 Å². The lowest BCUT2D eigenvalue weighted by Crippen LogP contribution is -2.69. The molecule has 1 aromatic rings. The number of amides is 2. The molecule has 0 bridgehead atoms. The maximum Gasteiger partial charge on any atom is 0.416 e. The van der Waals surface area contributed by atoms with Gasteiger partial charge in [-0.15, -0.1) is 0 Å². The highest BCUT2D eigenvalue weighted by Crippen LogP contribution is 2.45. The molecule has 0 aromatic heterocycles. The van der Waals surface area contributed by atoms with Gasteiger partial charge in [-0.1, -0.05) is 26.8 Å². The summed E-state index contributed by atoms with van der Waals surface area (Å²) in [6, 6.07) is 3.38. The Bertz CT molecular complexity index is 1170. The van der Waals surface area contributed by atoms with Crippen molar-refractivity contribution < 1.29 is 36.3 Å². The van der Waals surface area contributed by atoms with E-state index in [2.05, 4.69) is 5.32 Å². The highest BCUT2D eigenvalue weighted by Gasteiger charge is 2.57. The molecule has 37 heavy (non-hydrogen) atoms. The molecule has 4 rings (SSSR count). The molecule has 0 unspecified atom stereocenters. The first kappa shape index (κ1) is 27.7. The zero-order chi connectivity index (χ0) is 27.4. The summed E-state index contributed by atoms with van der Waals surface area (Å²) in [7, 11) is -4.16. The molecule has 8 nitrogen and oxygen atoms in total. The zero-order valence-corrected chi connectivity index (χ0v) is 22.0. The number of carboxylic acid groups (broad SMARTS) is 1. The normalized spacial score (nSPS) is 29.2. The van der Waals surface area contributed by atoms with Crippen molar-refractivity contribution in [2.24, 2.45) is 17.3 Å². The summed E-state index contributed by atoms with van der Waals surface area (Å²) in [4.78, 5) is 26.8. The fourth-order valence-electron chi connectivity index (χ4n) is 6.46. The van der Waals surface area contributed by atoms with Gasteiger partial charge in [0.05, 0.1) is 10.5 Å². The quantitative estimate of drug-likeness (QED) is 0.591. The Morgan fingerprint density at radius 3 is 2.43 bits per heavy atom. The molecule has 1 saturated carbocycles. The van der Waals surface area contributed by atoms with Gasteiger partial charge in [-0.2, -0.15) is 17.5 Å². The highest BCUT2D eigenvalue weighted by molar-refractivity contribution is 7.89. The lowest BCUT2D eigenvalue weighted by molar-refractivity contribution is -0.144. The molecule has 0 spiro atoms. The molecule has 2 aliphatic heterocycles. The third-order valence-electron chi connectivity index (χ3n) is 8.42. The summed E-state index contributed by atoms with van der Waals surface area (Å²) in [5.41, 5.74) is -2.96. The topological polar surface area (TPSA) is 107 Å². The van der Waals surface area contributed by atoms with E-state index in [1.807, 2.05) is 20.8 Å². The van der Waals surface area contributed by atoms with Gasteiger partial charge < -0.3 is 10.4 Å². The molecule has 2 heterocycles. The highest BCUT2D eigenvalue weighted by atomic mass is 32.2. The Balaban J connectivity index is 1.54. The van der Waals surface area contributed by atoms with Crippen LogP contribution in [0.25, 0.3) is 0 Å². The van der Waals surface area contributed by atoms with Crippen LogP contribution in [0.15, 0.2) is 29.2 Å². The van der Waals surface area contributed by atoms with Gasteiger partial charge in [0.2, 0.25) is 15.9 Å². The number of sulfonamides is 1. The second-order valence-corrected chi connectivity index (χ2v) is 13.4. The van der Waals surface area contributed by atoms with Gasteiger partial charge >= 0.3 is 12.3 Å². The number of carbonyl (C=O) groups is 2. The number of rotatable bonds is 4. The minimum absolute atomic E-state index is 0.0432. The van der Waals surface area contributed by atoms with E-state index in [1.54, 1.807) is 0 Å². The van der Waals surface area contributed by atoms with Crippen LogP contribution in [0.2, 0.25) is 0 Å². The van der Waals surface area contributed by atoms with E-state index in [-0.39, 0.29) is 43.4 Å². The molecule has 4 atom stereocenters. The Morgan fingerprint density at radius 2 is 1.81 bits per heavy atom. The number of hydrogen-bond donors (Lipinski definition) is 2. The van der Waals surface area contributed by atoms with E-state index in [9.17, 15) is 36.3 Å². The summed E-state index contributed by atoms with van der Waals surface area (Å²) in [5.74, 6) is -0.617. The van der Waals surface area contributed by atoms with Crippen LogP contribution in [-0.4, -0.2) is 65.9 Å². The molecule has 12 heteroatoms. The SMILES string of the molecule is CC(C)(C)[C@]1(C(=O)N[C@H]2CC[C@@H]3CN(S(=O)(=O)c4cccc(C(F)(F)F)c4)C[C@@H]32)CCCCN1C(=O)O. The van der Waals surface area contributed by atoms with Gasteiger partial charge in [-0.3, -0.25) is 9.69 Å². The minimum Gasteiger partial charge on any atom is -0.465 e. The van der Waals surface area contributed by atoms with E-state index in [0.717, 1.165) is 18.2 Å². The fraction of sp³-hybridized carbons (Fsp3) is 0.680. The first-order valence-electron chi connectivity index (χ1n) is 12.6. The van der Waals surface area contributed by atoms with Crippen LogP contribution in [0, 0.1) is 17.3 Å². The maximum atomic E-state index is 13.8. The van der Waals surface area contributed by atoms with Gasteiger partial charge in [0.25, 0.3) is 0 Å². The molecular weight excluding hydrogens is 511 g/mol. The predicted octanol–water partition coefficient (Wildman–Crippen LogP) is 4.17. The molecule has 1 aliphatic carbocycles. The van der Waals surface area contributed by atoms with Crippen molar-refractivity contribution in [2.45, 2.75) is 75.5 Å². The van der Waals surface area contributed by atoms with Gasteiger partial charge in [0.15, 0.2) is 0 Å². The molecule has 3 aliphatic rings. The number of piperidine rings is 1. The third kappa shape index (κ3) is 4.82. The van der Waals surface area contributed by atoms with Crippen molar-refractivity contribution in [3.8, 4) is 0 Å². The number of fused-ring (bicyclic) bond motifs is 1. The number of hydrogen-bond acceptors (Lipinski definition) is 4. The molecule has 2 amide bonds. The predicted molar refractivity (Wildman–Crippen MR) is 129 cm³/mol. The summed E-state index contributed by atoms with van der Waals surface area (Å²) >= 11 is 0.